The summed E-state index contributed by atoms with van der Waals surface area (Å²) in [4.78, 5) is 23.6. The highest BCUT2D eigenvalue weighted by molar-refractivity contribution is 7.96. The van der Waals surface area contributed by atoms with Crippen molar-refractivity contribution in [2.75, 3.05) is 13.2 Å². The van der Waals surface area contributed by atoms with Crippen molar-refractivity contribution >= 4 is 23.1 Å². The van der Waals surface area contributed by atoms with Crippen LogP contribution in [-0.2, 0) is 30.2 Å². The Kier molecular flexibility index (Phi) is 7.28. The average molecular weight is 308 g/mol. The van der Waals surface area contributed by atoms with E-state index in [-0.39, 0.29) is 18.1 Å². The first-order valence-electron chi connectivity index (χ1n) is 6.23. The molecule has 0 saturated heterocycles. The van der Waals surface area contributed by atoms with Gasteiger partial charge in [-0.25, -0.2) is 9.59 Å². The lowest BCUT2D eigenvalue weighted by Gasteiger charge is -2.12. The van der Waals surface area contributed by atoms with Crippen LogP contribution in [-0.4, -0.2) is 29.7 Å². The molecule has 0 fully saturated rings. The van der Waals surface area contributed by atoms with Gasteiger partial charge >= 0.3 is 11.9 Å². The van der Waals surface area contributed by atoms with Crippen molar-refractivity contribution in [3.05, 3.63) is 54.0 Å². The number of esters is 2. The van der Waals surface area contributed by atoms with Crippen molar-refractivity contribution in [1.82, 2.24) is 0 Å². The molecule has 1 unspecified atom stereocenters. The van der Waals surface area contributed by atoms with Gasteiger partial charge in [-0.05, 0) is 19.1 Å². The predicted molar refractivity (Wildman–Crippen MR) is 78.7 cm³/mol. The van der Waals surface area contributed by atoms with Crippen LogP contribution in [0.4, 0.5) is 0 Å². The van der Waals surface area contributed by atoms with Gasteiger partial charge in [0.05, 0.1) is 12.7 Å². The van der Waals surface area contributed by atoms with Crippen LogP contribution in [0.25, 0.3) is 0 Å². The molecule has 1 atom stereocenters. The molecule has 0 aromatic heterocycles. The molecule has 21 heavy (non-hydrogen) atoms. The molecule has 0 aliphatic heterocycles. The minimum atomic E-state index is -1.82. The summed E-state index contributed by atoms with van der Waals surface area (Å²) in [6.45, 7) is 5.15. The molecule has 1 aromatic carbocycles. The summed E-state index contributed by atoms with van der Waals surface area (Å²) >= 11 is -1.82. The lowest BCUT2D eigenvalue weighted by Crippen LogP contribution is -2.19. The third kappa shape index (κ3) is 5.45. The Balaban J connectivity index is 3.01. The summed E-state index contributed by atoms with van der Waals surface area (Å²) in [5.41, 5.74) is 0. The Bertz CT molecular complexity index is 524. The van der Waals surface area contributed by atoms with Crippen LogP contribution >= 0.6 is 0 Å². The summed E-state index contributed by atoms with van der Waals surface area (Å²) in [6, 6.07) is 8.32. The van der Waals surface area contributed by atoms with Gasteiger partial charge in [0.2, 0.25) is 0 Å². The smallest absolute Gasteiger partial charge is 0.387 e. The number of rotatable bonds is 7. The maximum atomic E-state index is 12.4. The van der Waals surface area contributed by atoms with Gasteiger partial charge in [-0.3, -0.25) is 0 Å². The normalized spacial score (nSPS) is 12.4. The first-order valence-corrected chi connectivity index (χ1v) is 7.38. The van der Waals surface area contributed by atoms with Gasteiger partial charge in [0.1, 0.15) is 6.61 Å². The molecule has 6 heteroatoms. The first-order chi connectivity index (χ1) is 10.1. The fourth-order valence-corrected chi connectivity index (χ4v) is 2.42. The average Bonchev–Trinajstić information content (AvgIpc) is 2.51. The molecule has 0 spiro atoms. The van der Waals surface area contributed by atoms with Gasteiger partial charge < -0.3 is 14.0 Å². The largest absolute Gasteiger partial charge is 0.606 e. The highest BCUT2D eigenvalue weighted by Crippen LogP contribution is 2.20. The van der Waals surface area contributed by atoms with Crippen molar-refractivity contribution in [1.29, 1.82) is 0 Å². The minimum absolute atomic E-state index is 0.00338. The van der Waals surface area contributed by atoms with Gasteiger partial charge in [0.25, 0.3) is 4.91 Å². The maximum absolute atomic E-state index is 12.4. The minimum Gasteiger partial charge on any atom is -0.606 e. The van der Waals surface area contributed by atoms with Gasteiger partial charge in [-0.15, -0.1) is 0 Å². The van der Waals surface area contributed by atoms with E-state index in [1.165, 1.54) is 6.08 Å². The number of ether oxygens (including phenoxy) is 2. The van der Waals surface area contributed by atoms with Gasteiger partial charge in [0, 0.05) is 11.2 Å². The monoisotopic (exact) mass is 308 g/mol. The van der Waals surface area contributed by atoms with E-state index in [1.54, 1.807) is 37.3 Å². The molecule has 1 rings (SSSR count). The Hall–Kier alpha value is -2.05. The molecular weight excluding hydrogens is 292 g/mol. The van der Waals surface area contributed by atoms with Crippen LogP contribution in [0.2, 0.25) is 0 Å². The van der Waals surface area contributed by atoms with Crippen LogP contribution in [0, 0.1) is 0 Å². The molecule has 0 heterocycles. The van der Waals surface area contributed by atoms with Crippen molar-refractivity contribution in [2.24, 2.45) is 0 Å². The second-order valence-corrected chi connectivity index (χ2v) is 5.18. The van der Waals surface area contributed by atoms with Gasteiger partial charge in [0.15, 0.2) is 4.90 Å². The zero-order valence-electron chi connectivity index (χ0n) is 11.6. The molecule has 0 aliphatic rings. The molecule has 0 bridgehead atoms. The fraction of sp³-hybridized carbons (Fsp3) is 0.200. The molecule has 0 N–H and O–H groups in total. The van der Waals surface area contributed by atoms with Gasteiger partial charge in [-0.1, -0.05) is 30.9 Å². The Labute approximate surface area is 126 Å². The molecule has 0 aliphatic carbocycles. The Morgan fingerprint density at radius 3 is 2.52 bits per heavy atom. The maximum Gasteiger partial charge on any atom is 0.387 e. The molecule has 5 nitrogen and oxygen atoms in total. The topological polar surface area (TPSA) is 75.7 Å². The quantitative estimate of drug-likeness (QED) is 0.333. The van der Waals surface area contributed by atoms with Crippen molar-refractivity contribution in [3.8, 4) is 0 Å². The molecule has 0 radical (unpaired) electrons. The predicted octanol–water partition coefficient (Wildman–Crippen LogP) is 1.97. The van der Waals surface area contributed by atoms with Gasteiger partial charge in [-0.2, -0.15) is 0 Å². The Morgan fingerprint density at radius 1 is 1.29 bits per heavy atom. The highest BCUT2D eigenvalue weighted by Gasteiger charge is 2.28. The van der Waals surface area contributed by atoms with Crippen LogP contribution < -0.4 is 0 Å². The van der Waals surface area contributed by atoms with E-state index in [9.17, 15) is 14.1 Å². The van der Waals surface area contributed by atoms with Crippen LogP contribution in [0.3, 0.4) is 0 Å². The van der Waals surface area contributed by atoms with E-state index in [0.29, 0.717) is 4.90 Å². The second kappa shape index (κ2) is 8.99. The van der Waals surface area contributed by atoms with E-state index in [4.69, 9.17) is 9.47 Å². The summed E-state index contributed by atoms with van der Waals surface area (Å²) in [6.07, 6.45) is 2.29. The summed E-state index contributed by atoms with van der Waals surface area (Å²) in [5.74, 6) is -1.59. The van der Waals surface area contributed by atoms with Crippen LogP contribution in [0.5, 0.6) is 0 Å². The number of carbonyl (C=O) groups is 2. The van der Waals surface area contributed by atoms with E-state index in [1.807, 2.05) is 0 Å². The van der Waals surface area contributed by atoms with Crippen LogP contribution in [0.1, 0.15) is 6.92 Å². The van der Waals surface area contributed by atoms with Crippen LogP contribution in [0.15, 0.2) is 58.9 Å². The third-order valence-corrected chi connectivity index (χ3v) is 3.61. The molecule has 112 valence electrons. The first kappa shape index (κ1) is 17.0. The highest BCUT2D eigenvalue weighted by atomic mass is 32.2. The van der Waals surface area contributed by atoms with E-state index in [2.05, 4.69) is 6.58 Å². The van der Waals surface area contributed by atoms with Crippen molar-refractivity contribution < 1.29 is 23.6 Å². The third-order valence-electron chi connectivity index (χ3n) is 2.23. The van der Waals surface area contributed by atoms with Crippen molar-refractivity contribution in [3.63, 3.8) is 0 Å². The molecule has 1 aromatic rings. The number of hydrogen-bond donors (Lipinski definition) is 0. The summed E-state index contributed by atoms with van der Waals surface area (Å²) < 4.78 is 22.0. The number of benzene rings is 1. The summed E-state index contributed by atoms with van der Waals surface area (Å²) in [5, 5.41) is 0. The number of hydrogen-bond acceptors (Lipinski definition) is 5. The second-order valence-electron chi connectivity index (χ2n) is 3.73. The van der Waals surface area contributed by atoms with E-state index >= 15 is 0 Å². The molecular formula is C15H16O5S. The molecule has 0 saturated carbocycles. The fourth-order valence-electron chi connectivity index (χ4n) is 1.35. The van der Waals surface area contributed by atoms with E-state index in [0.717, 1.165) is 6.08 Å². The standard InChI is InChI=1S/C15H16O5S/c1-3-10-20-14(16)11-13(15(17)19-4-2)21(18)12-8-6-5-7-9-12/h3,5-9,11H,1,4,10H2,2H3/b13-11+. The van der Waals surface area contributed by atoms with Crippen molar-refractivity contribution in [2.45, 2.75) is 11.8 Å². The molecule has 0 amide bonds. The SMILES string of the molecule is C=CCOC(=O)/C=C(\C(=O)OCC)[S+]([O-])c1ccccc1. The zero-order chi connectivity index (χ0) is 15.7. The zero-order valence-corrected chi connectivity index (χ0v) is 12.4. The lowest BCUT2D eigenvalue weighted by molar-refractivity contribution is -0.140. The number of carbonyl (C=O) groups excluding carboxylic acids is 2. The van der Waals surface area contributed by atoms with E-state index < -0.39 is 23.1 Å². The Morgan fingerprint density at radius 2 is 1.95 bits per heavy atom. The summed E-state index contributed by atoms with van der Waals surface area (Å²) in [7, 11) is 0. The lowest BCUT2D eigenvalue weighted by atomic mass is 10.4.